The first-order chi connectivity index (χ1) is 10.1. The molecule has 1 heterocycles. The lowest BCUT2D eigenvalue weighted by Crippen LogP contribution is -1.95. The van der Waals surface area contributed by atoms with Crippen LogP contribution in [0.25, 0.3) is 10.1 Å². The molecule has 0 spiro atoms. The molecule has 2 aromatic carbocycles. The minimum atomic E-state index is -0.347. The predicted molar refractivity (Wildman–Crippen MR) is 93.2 cm³/mol. The topological polar surface area (TPSA) is 9.23 Å². The fourth-order valence-corrected chi connectivity index (χ4v) is 4.74. The van der Waals surface area contributed by atoms with Crippen LogP contribution in [-0.4, -0.2) is 7.11 Å². The van der Waals surface area contributed by atoms with Gasteiger partial charge in [0.1, 0.15) is 0 Å². The van der Waals surface area contributed by atoms with E-state index in [1.54, 1.807) is 17.4 Å². The summed E-state index contributed by atoms with van der Waals surface area (Å²) in [4.78, 5) is -0.0547. The first-order valence-corrected chi connectivity index (χ1v) is 8.83. The van der Waals surface area contributed by atoms with E-state index in [1.807, 2.05) is 18.2 Å². The lowest BCUT2D eigenvalue weighted by Gasteiger charge is -2.11. The van der Waals surface area contributed by atoms with Gasteiger partial charge in [0.05, 0.1) is 11.9 Å². The molecule has 0 saturated heterocycles. The van der Waals surface area contributed by atoms with Crippen LogP contribution in [0.4, 0.5) is 4.39 Å². The maximum atomic E-state index is 13.9. The normalized spacial score (nSPS) is 12.6. The van der Waals surface area contributed by atoms with Crippen molar-refractivity contribution in [2.24, 2.45) is 0 Å². The highest BCUT2D eigenvalue weighted by Gasteiger charge is 2.17. The summed E-state index contributed by atoms with van der Waals surface area (Å²) in [5, 5.41) is 3.28. The molecule has 21 heavy (non-hydrogen) atoms. The molecule has 0 aliphatic carbocycles. The monoisotopic (exact) mass is 428 g/mol. The number of ether oxygens (including phenoxy) is 1. The standard InChI is InChI=1S/C16H11Br2FOS/c1-20-14-6-5-9(7-13(14)19)15(18)11-8-21-16-10(11)3-2-4-12(16)17/h2-8,15H,1H3. The van der Waals surface area contributed by atoms with E-state index in [9.17, 15) is 4.39 Å². The number of hydrogen-bond donors (Lipinski definition) is 0. The number of benzene rings is 2. The van der Waals surface area contributed by atoms with Crippen molar-refractivity contribution >= 4 is 53.3 Å². The lowest BCUT2D eigenvalue weighted by atomic mass is 10.0. The molecule has 108 valence electrons. The number of hydrogen-bond acceptors (Lipinski definition) is 2. The van der Waals surface area contributed by atoms with Crippen LogP contribution < -0.4 is 4.74 Å². The first-order valence-electron chi connectivity index (χ1n) is 6.25. The van der Waals surface area contributed by atoms with Crippen LogP contribution in [0, 0.1) is 5.82 Å². The summed E-state index contributed by atoms with van der Waals surface area (Å²) < 4.78 is 21.1. The minimum Gasteiger partial charge on any atom is -0.494 e. The Balaban J connectivity index is 2.06. The summed E-state index contributed by atoms with van der Waals surface area (Å²) in [5.41, 5.74) is 2.01. The van der Waals surface area contributed by atoms with E-state index in [0.29, 0.717) is 0 Å². The lowest BCUT2D eigenvalue weighted by molar-refractivity contribution is 0.386. The van der Waals surface area contributed by atoms with Crippen molar-refractivity contribution in [3.05, 3.63) is 63.2 Å². The smallest absolute Gasteiger partial charge is 0.165 e. The van der Waals surface area contributed by atoms with Crippen LogP contribution in [0.1, 0.15) is 16.0 Å². The SMILES string of the molecule is COc1ccc(C(Br)c2csc3c(Br)cccc23)cc1F. The van der Waals surface area contributed by atoms with Crippen molar-refractivity contribution in [2.45, 2.75) is 4.83 Å². The number of methoxy groups -OCH3 is 1. The Morgan fingerprint density at radius 1 is 1.24 bits per heavy atom. The number of alkyl halides is 1. The van der Waals surface area contributed by atoms with Crippen LogP contribution in [-0.2, 0) is 0 Å². The summed E-state index contributed by atoms with van der Waals surface area (Å²) in [6, 6.07) is 11.2. The number of halogens is 3. The van der Waals surface area contributed by atoms with Gasteiger partial charge in [-0.2, -0.15) is 0 Å². The largest absolute Gasteiger partial charge is 0.494 e. The van der Waals surface area contributed by atoms with E-state index in [2.05, 4.69) is 43.3 Å². The van der Waals surface area contributed by atoms with Crippen LogP contribution in [0.2, 0.25) is 0 Å². The Kier molecular flexibility index (Phi) is 4.33. The van der Waals surface area contributed by atoms with E-state index < -0.39 is 0 Å². The third kappa shape index (κ3) is 2.74. The molecular weight excluding hydrogens is 419 g/mol. The van der Waals surface area contributed by atoms with Crippen molar-refractivity contribution in [3.8, 4) is 5.75 Å². The third-order valence-corrected chi connectivity index (χ3v) is 6.32. The second-order valence-electron chi connectivity index (χ2n) is 4.56. The second kappa shape index (κ2) is 6.07. The molecule has 0 aliphatic heterocycles. The number of rotatable bonds is 3. The molecule has 0 amide bonds. The van der Waals surface area contributed by atoms with Crippen molar-refractivity contribution < 1.29 is 9.13 Å². The van der Waals surface area contributed by atoms with Crippen LogP contribution in [0.3, 0.4) is 0 Å². The van der Waals surface area contributed by atoms with E-state index in [-0.39, 0.29) is 16.4 Å². The van der Waals surface area contributed by atoms with E-state index in [0.717, 1.165) is 15.6 Å². The minimum absolute atomic E-state index is 0.0547. The fraction of sp³-hybridized carbons (Fsp3) is 0.125. The number of fused-ring (bicyclic) bond motifs is 1. The summed E-state index contributed by atoms with van der Waals surface area (Å²) in [5.74, 6) is -0.0865. The van der Waals surface area contributed by atoms with Crippen molar-refractivity contribution in [1.29, 1.82) is 0 Å². The fourth-order valence-electron chi connectivity index (χ4n) is 2.26. The highest BCUT2D eigenvalue weighted by atomic mass is 79.9. The van der Waals surface area contributed by atoms with Crippen LogP contribution in [0.15, 0.2) is 46.3 Å². The summed E-state index contributed by atoms with van der Waals surface area (Å²) in [6.45, 7) is 0. The molecule has 3 rings (SSSR count). The highest BCUT2D eigenvalue weighted by Crippen LogP contribution is 2.41. The van der Waals surface area contributed by atoms with E-state index >= 15 is 0 Å². The molecule has 5 heteroatoms. The number of thiophene rings is 1. The van der Waals surface area contributed by atoms with Gasteiger partial charge in [-0.1, -0.05) is 34.1 Å². The first kappa shape index (κ1) is 15.0. The van der Waals surface area contributed by atoms with Gasteiger partial charge in [-0.05, 0) is 56.0 Å². The summed E-state index contributed by atoms with van der Waals surface area (Å²) >= 11 is 8.93. The van der Waals surface area contributed by atoms with Gasteiger partial charge in [0.25, 0.3) is 0 Å². The summed E-state index contributed by atoms with van der Waals surface area (Å²) in [6.07, 6.45) is 0. The average molecular weight is 430 g/mol. The molecule has 1 atom stereocenters. The van der Waals surface area contributed by atoms with E-state index in [4.69, 9.17) is 4.74 Å². The molecule has 0 saturated carbocycles. The average Bonchev–Trinajstić information content (AvgIpc) is 2.92. The van der Waals surface area contributed by atoms with Gasteiger partial charge < -0.3 is 4.74 Å². The Labute approximate surface area is 143 Å². The van der Waals surface area contributed by atoms with Crippen LogP contribution in [0.5, 0.6) is 5.75 Å². The Morgan fingerprint density at radius 3 is 2.76 bits per heavy atom. The molecule has 0 radical (unpaired) electrons. The van der Waals surface area contributed by atoms with Gasteiger partial charge in [-0.25, -0.2) is 4.39 Å². The molecule has 1 aromatic heterocycles. The van der Waals surface area contributed by atoms with E-state index in [1.165, 1.54) is 23.3 Å². The van der Waals surface area contributed by atoms with Crippen LogP contribution >= 0.6 is 43.2 Å². The molecule has 1 nitrogen and oxygen atoms in total. The molecule has 1 unspecified atom stereocenters. The summed E-state index contributed by atoms with van der Waals surface area (Å²) in [7, 11) is 1.47. The molecule has 0 aliphatic rings. The van der Waals surface area contributed by atoms with Gasteiger partial charge in [0.2, 0.25) is 0 Å². The Hall–Kier alpha value is -0.910. The van der Waals surface area contributed by atoms with Gasteiger partial charge in [0.15, 0.2) is 11.6 Å². The van der Waals surface area contributed by atoms with Gasteiger partial charge in [-0.15, -0.1) is 11.3 Å². The zero-order valence-corrected chi connectivity index (χ0v) is 15.1. The molecule has 0 fully saturated rings. The van der Waals surface area contributed by atoms with Gasteiger partial charge in [-0.3, -0.25) is 0 Å². The zero-order valence-electron chi connectivity index (χ0n) is 11.1. The quantitative estimate of drug-likeness (QED) is 0.444. The van der Waals surface area contributed by atoms with Gasteiger partial charge >= 0.3 is 0 Å². The third-order valence-electron chi connectivity index (χ3n) is 3.32. The Bertz CT molecular complexity index is 800. The van der Waals surface area contributed by atoms with Gasteiger partial charge in [0, 0.05) is 9.17 Å². The second-order valence-corrected chi connectivity index (χ2v) is 7.21. The zero-order chi connectivity index (χ0) is 15.0. The maximum Gasteiger partial charge on any atom is 0.165 e. The predicted octanol–water partition coefficient (Wildman–Crippen LogP) is 6.30. The maximum absolute atomic E-state index is 13.9. The van der Waals surface area contributed by atoms with Crippen molar-refractivity contribution in [1.82, 2.24) is 0 Å². The molecule has 3 aromatic rings. The highest BCUT2D eigenvalue weighted by molar-refractivity contribution is 9.10. The molecule has 0 N–H and O–H groups in total. The molecular formula is C16H11Br2FOS. The van der Waals surface area contributed by atoms with Crippen molar-refractivity contribution in [3.63, 3.8) is 0 Å². The van der Waals surface area contributed by atoms with Crippen molar-refractivity contribution in [2.75, 3.05) is 7.11 Å². The Morgan fingerprint density at radius 2 is 2.05 bits per heavy atom. The molecule has 0 bridgehead atoms.